The Morgan fingerprint density at radius 3 is 3.10 bits per heavy atom. The summed E-state index contributed by atoms with van der Waals surface area (Å²) in [5.41, 5.74) is 0. The molecule has 1 aliphatic carbocycles. The molecule has 1 atom stereocenters. The lowest BCUT2D eigenvalue weighted by atomic mass is 9.97. The van der Waals surface area contributed by atoms with Crippen LogP contribution in [0.3, 0.4) is 0 Å². The van der Waals surface area contributed by atoms with Gasteiger partial charge in [-0.1, -0.05) is 6.08 Å². The molecule has 0 amide bonds. The minimum Gasteiger partial charge on any atom is -0.508 e. The van der Waals surface area contributed by atoms with E-state index in [1.54, 1.807) is 12.2 Å². The van der Waals surface area contributed by atoms with Crippen molar-refractivity contribution in [1.29, 1.82) is 5.41 Å². The van der Waals surface area contributed by atoms with Crippen molar-refractivity contribution in [2.45, 2.75) is 12.8 Å². The zero-order valence-electron chi connectivity index (χ0n) is 5.75. The molecule has 0 aromatic heterocycles. The van der Waals surface area contributed by atoms with Crippen LogP contribution in [0.25, 0.3) is 0 Å². The van der Waals surface area contributed by atoms with E-state index in [9.17, 15) is 0 Å². The molecule has 0 heterocycles. The zero-order chi connectivity index (χ0) is 7.40. The first kappa shape index (κ1) is 7.06. The number of nitrogens with one attached hydrogen (secondary N) is 1. The van der Waals surface area contributed by atoms with Crippen molar-refractivity contribution >= 4 is 6.21 Å². The van der Waals surface area contributed by atoms with Gasteiger partial charge in [-0.3, -0.25) is 0 Å². The molecule has 1 rings (SSSR count). The summed E-state index contributed by atoms with van der Waals surface area (Å²) in [7, 11) is 0. The zero-order valence-corrected chi connectivity index (χ0v) is 5.75. The number of allylic oxidation sites excluding steroid dienone is 3. The Labute approximate surface area is 60.4 Å². The van der Waals surface area contributed by atoms with Crippen LogP contribution >= 0.6 is 0 Å². The van der Waals surface area contributed by atoms with E-state index in [2.05, 4.69) is 0 Å². The molecular weight excluding hydrogens is 126 g/mol. The summed E-state index contributed by atoms with van der Waals surface area (Å²) in [6, 6.07) is 0. The van der Waals surface area contributed by atoms with E-state index in [-0.39, 0.29) is 0 Å². The Bertz CT molecular complexity index is 182. The van der Waals surface area contributed by atoms with Crippen LogP contribution in [0.15, 0.2) is 24.0 Å². The number of rotatable bonds is 2. The maximum Gasteiger partial charge on any atom is 0.111 e. The maximum atomic E-state index is 8.91. The van der Waals surface area contributed by atoms with E-state index in [1.807, 2.05) is 6.08 Å². The van der Waals surface area contributed by atoms with Crippen molar-refractivity contribution < 1.29 is 5.11 Å². The summed E-state index contributed by atoms with van der Waals surface area (Å²) < 4.78 is 0. The molecule has 0 bridgehead atoms. The van der Waals surface area contributed by atoms with Crippen LogP contribution in [0.5, 0.6) is 0 Å². The lowest BCUT2D eigenvalue weighted by Crippen LogP contribution is -1.99. The lowest BCUT2D eigenvalue weighted by molar-refractivity contribution is 0.421. The summed E-state index contributed by atoms with van der Waals surface area (Å²) >= 11 is 0. The molecule has 0 saturated heterocycles. The number of hydrogen-bond acceptors (Lipinski definition) is 2. The van der Waals surface area contributed by atoms with Crippen molar-refractivity contribution in [3.05, 3.63) is 24.0 Å². The van der Waals surface area contributed by atoms with Crippen molar-refractivity contribution in [2.24, 2.45) is 5.92 Å². The van der Waals surface area contributed by atoms with E-state index in [4.69, 9.17) is 10.5 Å². The van der Waals surface area contributed by atoms with Gasteiger partial charge in [0.25, 0.3) is 0 Å². The highest BCUT2D eigenvalue weighted by Crippen LogP contribution is 2.16. The predicted octanol–water partition coefficient (Wildman–Crippen LogP) is 2.04. The minimum absolute atomic E-state index is 0.348. The van der Waals surface area contributed by atoms with Gasteiger partial charge < -0.3 is 10.5 Å². The molecule has 2 nitrogen and oxygen atoms in total. The van der Waals surface area contributed by atoms with Crippen molar-refractivity contribution in [3.63, 3.8) is 0 Å². The fourth-order valence-corrected chi connectivity index (χ4v) is 0.980. The molecular formula is C8H11NO. The van der Waals surface area contributed by atoms with Crippen LogP contribution in [0.4, 0.5) is 0 Å². The fraction of sp³-hybridized carbons (Fsp3) is 0.375. The topological polar surface area (TPSA) is 44.1 Å². The van der Waals surface area contributed by atoms with E-state index in [0.29, 0.717) is 11.7 Å². The second-order valence-electron chi connectivity index (χ2n) is 2.42. The Morgan fingerprint density at radius 2 is 2.60 bits per heavy atom. The van der Waals surface area contributed by atoms with Gasteiger partial charge in [-0.25, -0.2) is 0 Å². The molecule has 1 aliphatic rings. The molecule has 0 aliphatic heterocycles. The standard InChI is InChI=1S/C8H11NO/c9-6-5-7-1-3-8(10)4-2-7/h1,3-4,6-7,9-10H,2,5H2. The second-order valence-corrected chi connectivity index (χ2v) is 2.42. The molecule has 2 N–H and O–H groups in total. The van der Waals surface area contributed by atoms with Crippen LogP contribution in [0, 0.1) is 11.3 Å². The highest BCUT2D eigenvalue weighted by Gasteiger charge is 2.05. The number of aliphatic hydroxyl groups excluding tert-OH is 1. The molecule has 0 radical (unpaired) electrons. The first-order valence-electron chi connectivity index (χ1n) is 3.39. The molecule has 0 fully saturated rings. The van der Waals surface area contributed by atoms with Gasteiger partial charge in [-0.2, -0.15) is 0 Å². The summed E-state index contributed by atoms with van der Waals surface area (Å²) in [4.78, 5) is 0. The second kappa shape index (κ2) is 3.20. The molecule has 0 saturated carbocycles. The maximum absolute atomic E-state index is 8.91. The van der Waals surface area contributed by atoms with Crippen molar-refractivity contribution in [1.82, 2.24) is 0 Å². The largest absolute Gasteiger partial charge is 0.508 e. The van der Waals surface area contributed by atoms with Crippen LogP contribution in [0.1, 0.15) is 12.8 Å². The third kappa shape index (κ3) is 1.72. The third-order valence-electron chi connectivity index (χ3n) is 1.59. The Kier molecular flexibility index (Phi) is 2.26. The van der Waals surface area contributed by atoms with E-state index < -0.39 is 0 Å². The van der Waals surface area contributed by atoms with E-state index in [0.717, 1.165) is 12.8 Å². The molecule has 2 heteroatoms. The summed E-state index contributed by atoms with van der Waals surface area (Å²) in [6.45, 7) is 0. The van der Waals surface area contributed by atoms with Gasteiger partial charge >= 0.3 is 0 Å². The van der Waals surface area contributed by atoms with Gasteiger partial charge in [0.05, 0.1) is 0 Å². The summed E-state index contributed by atoms with van der Waals surface area (Å²) in [5, 5.41) is 15.8. The van der Waals surface area contributed by atoms with Crippen LogP contribution < -0.4 is 0 Å². The average molecular weight is 137 g/mol. The van der Waals surface area contributed by atoms with Gasteiger partial charge in [-0.05, 0) is 37.1 Å². The SMILES string of the molecule is N=CCC1C=CC(O)=CC1. The van der Waals surface area contributed by atoms with Crippen molar-refractivity contribution in [3.8, 4) is 0 Å². The van der Waals surface area contributed by atoms with E-state index >= 15 is 0 Å². The molecule has 54 valence electrons. The first-order valence-corrected chi connectivity index (χ1v) is 3.39. The highest BCUT2D eigenvalue weighted by atomic mass is 16.3. The van der Waals surface area contributed by atoms with Gasteiger partial charge in [0.15, 0.2) is 0 Å². The molecule has 0 spiro atoms. The predicted molar refractivity (Wildman–Crippen MR) is 41.4 cm³/mol. The molecule has 10 heavy (non-hydrogen) atoms. The lowest BCUT2D eigenvalue weighted by Gasteiger charge is -2.09. The monoisotopic (exact) mass is 137 g/mol. The van der Waals surface area contributed by atoms with Gasteiger partial charge in [0, 0.05) is 0 Å². The quantitative estimate of drug-likeness (QED) is 0.562. The minimum atomic E-state index is 0.348. The highest BCUT2D eigenvalue weighted by molar-refractivity contribution is 5.54. The van der Waals surface area contributed by atoms with Gasteiger partial charge in [0.2, 0.25) is 0 Å². The van der Waals surface area contributed by atoms with E-state index in [1.165, 1.54) is 6.21 Å². The van der Waals surface area contributed by atoms with Crippen LogP contribution in [0.2, 0.25) is 0 Å². The fourth-order valence-electron chi connectivity index (χ4n) is 0.980. The third-order valence-corrected chi connectivity index (χ3v) is 1.59. The Balaban J connectivity index is 2.44. The van der Waals surface area contributed by atoms with Crippen LogP contribution in [-0.2, 0) is 0 Å². The first-order chi connectivity index (χ1) is 4.83. The number of hydrogen-bond donors (Lipinski definition) is 2. The summed E-state index contributed by atoms with van der Waals surface area (Å²) in [6.07, 6.45) is 8.47. The molecule has 1 unspecified atom stereocenters. The Hall–Kier alpha value is -1.05. The number of aliphatic hydroxyl groups is 1. The normalized spacial score (nSPS) is 24.0. The molecule has 0 aromatic carbocycles. The van der Waals surface area contributed by atoms with Gasteiger partial charge in [-0.15, -0.1) is 0 Å². The van der Waals surface area contributed by atoms with Crippen LogP contribution in [-0.4, -0.2) is 11.3 Å². The molecule has 0 aromatic rings. The summed E-state index contributed by atoms with van der Waals surface area (Å²) in [5.74, 6) is 0.773. The van der Waals surface area contributed by atoms with Crippen molar-refractivity contribution in [2.75, 3.05) is 0 Å². The van der Waals surface area contributed by atoms with Gasteiger partial charge in [0.1, 0.15) is 5.76 Å². The average Bonchev–Trinajstić information content (AvgIpc) is 1.95. The smallest absolute Gasteiger partial charge is 0.111 e. The Morgan fingerprint density at radius 1 is 1.80 bits per heavy atom.